The van der Waals surface area contributed by atoms with Crippen LogP contribution in [0.1, 0.15) is 42.9 Å². The zero-order valence-electron chi connectivity index (χ0n) is 11.5. The minimum Gasteiger partial charge on any atom is -0.380 e. The highest BCUT2D eigenvalue weighted by Crippen LogP contribution is 2.40. The van der Waals surface area contributed by atoms with Gasteiger partial charge in [-0.3, -0.25) is 4.79 Å². The van der Waals surface area contributed by atoms with Gasteiger partial charge in [-0.05, 0) is 26.3 Å². The number of nitrogens with two attached hydrogens (primary N) is 1. The van der Waals surface area contributed by atoms with Crippen molar-refractivity contribution >= 4 is 5.91 Å². The second kappa shape index (κ2) is 6.16. The molecule has 1 amide bonds. The lowest BCUT2D eigenvalue weighted by Gasteiger charge is -2.06. The Morgan fingerprint density at radius 3 is 2.68 bits per heavy atom. The molecule has 1 saturated carbocycles. The largest absolute Gasteiger partial charge is 0.380 e. The van der Waals surface area contributed by atoms with Gasteiger partial charge in [0.1, 0.15) is 5.76 Å². The number of carbonyl (C=O) groups is 1. The van der Waals surface area contributed by atoms with Crippen molar-refractivity contribution in [3.05, 3.63) is 17.5 Å². The number of amides is 1. The summed E-state index contributed by atoms with van der Waals surface area (Å²) in [6.07, 6.45) is 3.97. The molecule has 2 heterocycles. The van der Waals surface area contributed by atoms with Gasteiger partial charge in [0.05, 0.1) is 6.10 Å². The summed E-state index contributed by atoms with van der Waals surface area (Å²) in [6.45, 7) is 2.30. The normalized spacial score (nSPS) is 22.9. The van der Waals surface area contributed by atoms with Crippen LogP contribution in [0.25, 0.3) is 0 Å². The number of hydrogen-bond donors (Lipinski definition) is 1. The molecule has 6 nitrogen and oxygen atoms in total. The number of hydrogen-bond acceptors (Lipinski definition) is 5. The Balaban J connectivity index is 0.000000200. The molecule has 2 aliphatic rings. The maximum Gasteiger partial charge on any atom is 0.270 e. The Bertz CT molecular complexity index is 434. The first-order chi connectivity index (χ1) is 9.10. The first-order valence-electron chi connectivity index (χ1n) is 6.58. The standard InChI is InChI=1S/C7H8N2O2.C6H13NO.H2/c8-7(10)5-3-6(11-9-5)4-1-2-4;1-7-4-3-6(5-7)8-2;/h3-4H,1-2H2,(H2,8,10);6H,3-5H2,1-2H3;1H/t;6-;/m.1./s1. The SMILES string of the molecule is CO[C@@H]1CCN(C)C1.NC(=O)c1cc(C2CC2)on1.[HH]. The Kier molecular flexibility index (Phi) is 4.55. The van der Waals surface area contributed by atoms with Crippen LogP contribution in [-0.2, 0) is 4.74 Å². The molecule has 19 heavy (non-hydrogen) atoms. The number of rotatable bonds is 3. The molecular formula is C13H23N3O3. The lowest BCUT2D eigenvalue weighted by Crippen LogP contribution is -2.17. The minimum absolute atomic E-state index is 0. The molecule has 1 aromatic rings. The maximum absolute atomic E-state index is 10.6. The van der Waals surface area contributed by atoms with E-state index in [1.807, 2.05) is 0 Å². The summed E-state index contributed by atoms with van der Waals surface area (Å²) in [4.78, 5) is 12.8. The smallest absolute Gasteiger partial charge is 0.270 e. The number of nitrogens with zero attached hydrogens (tertiary/aromatic N) is 2. The second-order valence-electron chi connectivity index (χ2n) is 5.16. The molecular weight excluding hydrogens is 246 g/mol. The van der Waals surface area contributed by atoms with Gasteiger partial charge in [0, 0.05) is 33.6 Å². The molecule has 1 atom stereocenters. The highest BCUT2D eigenvalue weighted by Gasteiger charge is 2.28. The van der Waals surface area contributed by atoms with Crippen LogP contribution in [0.2, 0.25) is 0 Å². The molecule has 2 N–H and O–H groups in total. The number of methoxy groups -OCH3 is 1. The summed E-state index contributed by atoms with van der Waals surface area (Å²) >= 11 is 0. The minimum atomic E-state index is -0.527. The summed E-state index contributed by atoms with van der Waals surface area (Å²) < 4.78 is 10.0. The van der Waals surface area contributed by atoms with Gasteiger partial charge < -0.3 is 19.9 Å². The van der Waals surface area contributed by atoms with Crippen LogP contribution in [0.15, 0.2) is 10.6 Å². The molecule has 0 unspecified atom stereocenters. The Morgan fingerprint density at radius 2 is 2.32 bits per heavy atom. The number of aromatic nitrogens is 1. The molecule has 1 aliphatic heterocycles. The predicted molar refractivity (Wildman–Crippen MR) is 72.0 cm³/mol. The van der Waals surface area contributed by atoms with Gasteiger partial charge in [0.15, 0.2) is 5.69 Å². The van der Waals surface area contributed by atoms with Gasteiger partial charge >= 0.3 is 0 Å². The van der Waals surface area contributed by atoms with Gasteiger partial charge in [-0.1, -0.05) is 5.16 Å². The van der Waals surface area contributed by atoms with Crippen molar-refractivity contribution in [3.8, 4) is 0 Å². The Morgan fingerprint density at radius 1 is 1.58 bits per heavy atom. The lowest BCUT2D eigenvalue weighted by molar-refractivity contribution is 0.0991. The lowest BCUT2D eigenvalue weighted by atomic mass is 10.3. The average molecular weight is 269 g/mol. The van der Waals surface area contributed by atoms with E-state index in [-0.39, 0.29) is 7.12 Å². The quantitative estimate of drug-likeness (QED) is 0.892. The zero-order valence-corrected chi connectivity index (χ0v) is 11.5. The molecule has 1 saturated heterocycles. The third-order valence-electron chi connectivity index (χ3n) is 3.44. The molecule has 1 aliphatic carbocycles. The van der Waals surface area contributed by atoms with E-state index in [0.717, 1.165) is 25.1 Å². The van der Waals surface area contributed by atoms with E-state index < -0.39 is 5.91 Å². The summed E-state index contributed by atoms with van der Waals surface area (Å²) in [7, 11) is 3.91. The van der Waals surface area contributed by atoms with Gasteiger partial charge in [0.25, 0.3) is 5.91 Å². The fourth-order valence-electron chi connectivity index (χ4n) is 2.05. The third-order valence-corrected chi connectivity index (χ3v) is 3.44. The highest BCUT2D eigenvalue weighted by molar-refractivity contribution is 5.90. The van der Waals surface area contributed by atoms with Crippen molar-refractivity contribution in [1.29, 1.82) is 0 Å². The molecule has 0 spiro atoms. The topological polar surface area (TPSA) is 81.6 Å². The molecule has 1 aromatic heterocycles. The molecule has 0 aromatic carbocycles. The number of primary amides is 1. The fourth-order valence-corrected chi connectivity index (χ4v) is 2.05. The Hall–Kier alpha value is -1.40. The van der Waals surface area contributed by atoms with Gasteiger partial charge in [0.2, 0.25) is 0 Å². The fraction of sp³-hybridized carbons (Fsp3) is 0.692. The third kappa shape index (κ3) is 4.04. The van der Waals surface area contributed by atoms with Crippen molar-refractivity contribution in [2.45, 2.75) is 31.3 Å². The van der Waals surface area contributed by atoms with Crippen LogP contribution >= 0.6 is 0 Å². The number of ether oxygens (including phenoxy) is 1. The van der Waals surface area contributed by atoms with Crippen molar-refractivity contribution < 1.29 is 15.5 Å². The molecule has 108 valence electrons. The Labute approximate surface area is 114 Å². The summed E-state index contributed by atoms with van der Waals surface area (Å²) in [5, 5.41) is 3.53. The summed E-state index contributed by atoms with van der Waals surface area (Å²) in [5.41, 5.74) is 5.21. The highest BCUT2D eigenvalue weighted by atomic mass is 16.5. The predicted octanol–water partition coefficient (Wildman–Crippen LogP) is 1.23. The van der Waals surface area contributed by atoms with E-state index in [0.29, 0.717) is 12.0 Å². The van der Waals surface area contributed by atoms with E-state index in [1.165, 1.54) is 13.0 Å². The molecule has 0 bridgehead atoms. The number of likely N-dealkylation sites (N-methyl/N-ethyl adjacent to an activating group) is 1. The van der Waals surface area contributed by atoms with Crippen LogP contribution in [0.5, 0.6) is 0 Å². The van der Waals surface area contributed by atoms with Crippen LogP contribution in [0.3, 0.4) is 0 Å². The van der Waals surface area contributed by atoms with Crippen molar-refractivity contribution in [2.24, 2.45) is 5.73 Å². The van der Waals surface area contributed by atoms with Crippen molar-refractivity contribution in [1.82, 2.24) is 10.1 Å². The van der Waals surface area contributed by atoms with E-state index >= 15 is 0 Å². The molecule has 6 heteroatoms. The first kappa shape index (κ1) is 14.0. The number of carbonyl (C=O) groups excluding carboxylic acids is 1. The van der Waals surface area contributed by atoms with Crippen LogP contribution in [-0.4, -0.2) is 49.3 Å². The van der Waals surface area contributed by atoms with E-state index in [4.69, 9.17) is 15.0 Å². The van der Waals surface area contributed by atoms with Gasteiger partial charge in [-0.25, -0.2) is 0 Å². The van der Waals surface area contributed by atoms with Gasteiger partial charge in [-0.15, -0.1) is 0 Å². The van der Waals surface area contributed by atoms with Crippen molar-refractivity contribution in [2.75, 3.05) is 27.2 Å². The zero-order chi connectivity index (χ0) is 13.8. The molecule has 3 rings (SSSR count). The maximum atomic E-state index is 10.6. The van der Waals surface area contributed by atoms with E-state index in [2.05, 4.69) is 17.1 Å². The van der Waals surface area contributed by atoms with E-state index in [1.54, 1.807) is 13.2 Å². The average Bonchev–Trinajstić information content (AvgIpc) is 2.96. The second-order valence-corrected chi connectivity index (χ2v) is 5.16. The van der Waals surface area contributed by atoms with Crippen LogP contribution in [0.4, 0.5) is 0 Å². The first-order valence-corrected chi connectivity index (χ1v) is 6.58. The monoisotopic (exact) mass is 269 g/mol. The molecule has 2 fully saturated rings. The van der Waals surface area contributed by atoms with Crippen LogP contribution < -0.4 is 5.73 Å². The summed E-state index contributed by atoms with van der Waals surface area (Å²) in [5.74, 6) is 0.745. The van der Waals surface area contributed by atoms with Gasteiger partial charge in [-0.2, -0.15) is 0 Å². The van der Waals surface area contributed by atoms with Crippen molar-refractivity contribution in [3.63, 3.8) is 0 Å². The van der Waals surface area contributed by atoms with E-state index in [9.17, 15) is 4.79 Å². The molecule has 0 radical (unpaired) electrons. The number of likely N-dealkylation sites (tertiary alicyclic amines) is 1. The van der Waals surface area contributed by atoms with Crippen LogP contribution in [0, 0.1) is 0 Å². The summed E-state index contributed by atoms with van der Waals surface area (Å²) in [6, 6.07) is 1.62.